The SMILES string of the molecule is CC/C=C\C/C=C\C/C=C\C/C=C\C/C=C\C/C=C\C/C=C\C/C=C\C/C=C\CCCCCCCCCCCCCCCC(=O)OC(CO)COC(=O)CCCCCCCCCCCCCC/C=C\C/C=C\C/C=C\C/C=C\C/C=C\C/C=C\CC. The highest BCUT2D eigenvalue weighted by atomic mass is 16.6. The summed E-state index contributed by atoms with van der Waals surface area (Å²) in [5.74, 6) is -0.597. The minimum absolute atomic E-state index is 0.0754. The largest absolute Gasteiger partial charge is 0.462 e. The third-order valence-corrected chi connectivity index (χ3v) is 14.7. The van der Waals surface area contributed by atoms with Crippen molar-refractivity contribution in [1.29, 1.82) is 0 Å². The minimum Gasteiger partial charge on any atom is -0.462 e. The Balaban J connectivity index is 3.54. The normalized spacial score (nSPS) is 13.4. The van der Waals surface area contributed by atoms with Crippen LogP contribution in [0.15, 0.2) is 182 Å². The van der Waals surface area contributed by atoms with Gasteiger partial charge in [-0.05, 0) is 135 Å². The number of aliphatic hydroxyl groups excluding tert-OH is 1. The molecule has 1 atom stereocenters. The number of hydrogen-bond donors (Lipinski definition) is 1. The molecule has 0 saturated carbocycles. The van der Waals surface area contributed by atoms with E-state index in [0.29, 0.717) is 12.8 Å². The van der Waals surface area contributed by atoms with Crippen LogP contribution in [-0.4, -0.2) is 36.4 Å². The molecule has 1 unspecified atom stereocenters. The van der Waals surface area contributed by atoms with Crippen molar-refractivity contribution in [2.24, 2.45) is 0 Å². The van der Waals surface area contributed by atoms with Gasteiger partial charge in [0, 0.05) is 12.8 Å². The van der Waals surface area contributed by atoms with Gasteiger partial charge in [0.1, 0.15) is 6.61 Å². The van der Waals surface area contributed by atoms with Gasteiger partial charge in [0.2, 0.25) is 0 Å². The molecule has 86 heavy (non-hydrogen) atoms. The molecular formula is C81H130O5. The Hall–Kier alpha value is -5.00. The monoisotopic (exact) mass is 1180 g/mol. The van der Waals surface area contributed by atoms with Crippen molar-refractivity contribution in [3.8, 4) is 0 Å². The number of carbonyl (C=O) groups is 2. The third kappa shape index (κ3) is 71.5. The molecule has 0 aromatic heterocycles. The van der Waals surface area contributed by atoms with Crippen LogP contribution in [0.5, 0.6) is 0 Å². The van der Waals surface area contributed by atoms with Crippen molar-refractivity contribution in [2.75, 3.05) is 13.2 Å². The summed E-state index contributed by atoms with van der Waals surface area (Å²) >= 11 is 0. The molecule has 0 aromatic rings. The molecule has 0 amide bonds. The number of hydrogen-bond acceptors (Lipinski definition) is 5. The summed E-state index contributed by atoms with van der Waals surface area (Å²) in [6, 6.07) is 0. The van der Waals surface area contributed by atoms with Gasteiger partial charge < -0.3 is 14.6 Å². The summed E-state index contributed by atoms with van der Waals surface area (Å²) in [6.07, 6.45) is 116. The topological polar surface area (TPSA) is 72.8 Å². The quantitative estimate of drug-likeness (QED) is 0.0373. The van der Waals surface area contributed by atoms with Gasteiger partial charge in [0.05, 0.1) is 6.61 Å². The predicted octanol–water partition coefficient (Wildman–Crippen LogP) is 25.0. The lowest BCUT2D eigenvalue weighted by molar-refractivity contribution is -0.161. The van der Waals surface area contributed by atoms with Gasteiger partial charge in [-0.15, -0.1) is 0 Å². The zero-order valence-electron chi connectivity index (χ0n) is 55.5. The van der Waals surface area contributed by atoms with Crippen molar-refractivity contribution < 1.29 is 24.2 Å². The van der Waals surface area contributed by atoms with Gasteiger partial charge in [-0.2, -0.15) is 0 Å². The molecule has 1 N–H and O–H groups in total. The molecule has 0 aliphatic carbocycles. The smallest absolute Gasteiger partial charge is 0.306 e. The highest BCUT2D eigenvalue weighted by Crippen LogP contribution is 2.16. The van der Waals surface area contributed by atoms with Crippen LogP contribution < -0.4 is 0 Å². The average Bonchev–Trinajstić information content (AvgIpc) is 3.54. The zero-order chi connectivity index (χ0) is 61.9. The van der Waals surface area contributed by atoms with Crippen molar-refractivity contribution in [1.82, 2.24) is 0 Å². The van der Waals surface area contributed by atoms with E-state index in [4.69, 9.17) is 9.47 Å². The van der Waals surface area contributed by atoms with E-state index >= 15 is 0 Å². The highest BCUT2D eigenvalue weighted by Gasteiger charge is 2.16. The minimum atomic E-state index is -0.787. The molecule has 0 bridgehead atoms. The van der Waals surface area contributed by atoms with Crippen molar-refractivity contribution in [3.63, 3.8) is 0 Å². The van der Waals surface area contributed by atoms with Crippen LogP contribution in [0.2, 0.25) is 0 Å². The fraction of sp³-hybridized carbons (Fsp3) is 0.605. The molecule has 0 aromatic carbocycles. The van der Waals surface area contributed by atoms with Gasteiger partial charge in [0.25, 0.3) is 0 Å². The molecule has 0 fully saturated rings. The molecule has 5 heteroatoms. The number of ether oxygens (including phenoxy) is 2. The Bertz CT molecular complexity index is 1920. The summed E-state index contributed by atoms with van der Waals surface area (Å²) in [5.41, 5.74) is 0. The molecule has 0 aliphatic rings. The Morgan fingerprint density at radius 1 is 0.267 bits per heavy atom. The number of esters is 2. The summed E-state index contributed by atoms with van der Waals surface area (Å²) < 4.78 is 10.8. The first-order valence-electron chi connectivity index (χ1n) is 35.3. The van der Waals surface area contributed by atoms with Crippen molar-refractivity contribution in [2.45, 2.75) is 302 Å². The average molecular weight is 1180 g/mol. The molecule has 0 saturated heterocycles. The second-order valence-electron chi connectivity index (χ2n) is 22.8. The lowest BCUT2D eigenvalue weighted by Crippen LogP contribution is -2.28. The molecule has 0 spiro atoms. The number of rotatable bonds is 63. The van der Waals surface area contributed by atoms with Gasteiger partial charge in [-0.1, -0.05) is 331 Å². The number of aliphatic hydroxyl groups is 1. The van der Waals surface area contributed by atoms with E-state index in [-0.39, 0.29) is 25.2 Å². The zero-order valence-corrected chi connectivity index (χ0v) is 55.5. The first-order valence-corrected chi connectivity index (χ1v) is 35.3. The maximum Gasteiger partial charge on any atom is 0.306 e. The number of unbranched alkanes of at least 4 members (excludes halogenated alkanes) is 25. The summed E-state index contributed by atoms with van der Waals surface area (Å²) in [6.45, 7) is 3.92. The highest BCUT2D eigenvalue weighted by molar-refractivity contribution is 5.70. The fourth-order valence-electron chi connectivity index (χ4n) is 9.49. The maximum absolute atomic E-state index is 12.4. The van der Waals surface area contributed by atoms with Crippen LogP contribution in [0.1, 0.15) is 296 Å². The predicted molar refractivity (Wildman–Crippen MR) is 380 cm³/mol. The standard InChI is InChI=1S/C81H130O5/c1-3-5-7-9-11-13-15-17-19-21-23-25-27-29-31-33-35-36-37-38-39-40-41-42-43-44-46-48-50-52-54-56-58-60-62-64-66-68-70-72-74-76-81(84)86-79(77-82)78-85-80(83)75-73-71-69-67-65-63-61-59-57-55-53-51-49-47-45-34-32-30-28-26-24-22-20-18-16-14-12-10-8-6-4-2/h5-8,11-14,17-20,23-26,29-32,35-36,38-39,41-42,44-47,79,82H,3-4,9-10,15-16,21-22,27-28,33-34,37,40,43,48-78H2,1-2H3/b7-5-,8-6-,13-11-,14-12-,19-17-,20-18-,25-23-,26-24-,31-29-,32-30-,36-35-,39-38-,42-41-,46-44-,47-45-. The number of carbonyl (C=O) groups excluding carboxylic acids is 2. The Morgan fingerprint density at radius 2 is 0.465 bits per heavy atom. The maximum atomic E-state index is 12.4. The molecule has 0 radical (unpaired) electrons. The Morgan fingerprint density at radius 3 is 0.698 bits per heavy atom. The lowest BCUT2D eigenvalue weighted by atomic mass is 10.0. The van der Waals surface area contributed by atoms with E-state index in [1.807, 2.05) is 0 Å². The van der Waals surface area contributed by atoms with E-state index in [2.05, 4.69) is 196 Å². The molecule has 0 rings (SSSR count). The summed E-state index contributed by atoms with van der Waals surface area (Å²) in [5, 5.41) is 9.71. The second kappa shape index (κ2) is 74.3. The van der Waals surface area contributed by atoms with Crippen LogP contribution in [-0.2, 0) is 19.1 Å². The van der Waals surface area contributed by atoms with Crippen LogP contribution in [0.3, 0.4) is 0 Å². The van der Waals surface area contributed by atoms with Gasteiger partial charge >= 0.3 is 11.9 Å². The van der Waals surface area contributed by atoms with Crippen LogP contribution in [0.4, 0.5) is 0 Å². The lowest BCUT2D eigenvalue weighted by Gasteiger charge is -2.15. The number of allylic oxidation sites excluding steroid dienone is 30. The Labute approximate surface area is 531 Å². The van der Waals surface area contributed by atoms with Gasteiger partial charge in [-0.25, -0.2) is 0 Å². The van der Waals surface area contributed by atoms with Crippen molar-refractivity contribution >= 4 is 11.9 Å². The third-order valence-electron chi connectivity index (χ3n) is 14.7. The van der Waals surface area contributed by atoms with E-state index in [0.717, 1.165) is 135 Å². The summed E-state index contributed by atoms with van der Waals surface area (Å²) in [4.78, 5) is 24.7. The van der Waals surface area contributed by atoms with E-state index < -0.39 is 6.10 Å². The molecule has 0 heterocycles. The fourth-order valence-corrected chi connectivity index (χ4v) is 9.49. The summed E-state index contributed by atoms with van der Waals surface area (Å²) in [7, 11) is 0. The van der Waals surface area contributed by atoms with Crippen LogP contribution in [0, 0.1) is 0 Å². The van der Waals surface area contributed by atoms with E-state index in [9.17, 15) is 14.7 Å². The van der Waals surface area contributed by atoms with Gasteiger partial charge in [-0.3, -0.25) is 9.59 Å². The second-order valence-corrected chi connectivity index (χ2v) is 22.8. The Kier molecular flexibility index (Phi) is 69.9. The van der Waals surface area contributed by atoms with Gasteiger partial charge in [0.15, 0.2) is 6.10 Å². The molecule has 0 aliphatic heterocycles. The van der Waals surface area contributed by atoms with Crippen molar-refractivity contribution in [3.05, 3.63) is 182 Å². The molecule has 5 nitrogen and oxygen atoms in total. The molecule has 484 valence electrons. The van der Waals surface area contributed by atoms with E-state index in [1.165, 1.54) is 135 Å². The van der Waals surface area contributed by atoms with Crippen LogP contribution >= 0.6 is 0 Å². The van der Waals surface area contributed by atoms with Crippen LogP contribution in [0.25, 0.3) is 0 Å². The molecular weight excluding hydrogens is 1050 g/mol. The first-order chi connectivity index (χ1) is 42.6. The van der Waals surface area contributed by atoms with E-state index in [1.54, 1.807) is 0 Å². The first kappa shape index (κ1) is 81.0.